The first-order valence-electron chi connectivity index (χ1n) is 7.30. The summed E-state index contributed by atoms with van der Waals surface area (Å²) >= 11 is 1.61. The number of nitrogens with zero attached hydrogens (tertiary/aromatic N) is 2. The zero-order chi connectivity index (χ0) is 16.4. The highest BCUT2D eigenvalue weighted by atomic mass is 32.1. The lowest BCUT2D eigenvalue weighted by molar-refractivity contribution is -0.121. The van der Waals surface area contributed by atoms with Crippen LogP contribution in [0, 0.1) is 13.8 Å². The van der Waals surface area contributed by atoms with Crippen molar-refractivity contribution < 1.29 is 4.79 Å². The maximum atomic E-state index is 12.4. The molecule has 0 aliphatic heterocycles. The van der Waals surface area contributed by atoms with Gasteiger partial charge in [-0.3, -0.25) is 14.2 Å². The van der Waals surface area contributed by atoms with Crippen molar-refractivity contribution in [1.82, 2.24) is 14.9 Å². The van der Waals surface area contributed by atoms with Gasteiger partial charge >= 0.3 is 0 Å². The monoisotopic (exact) mass is 327 g/mol. The predicted octanol–water partition coefficient (Wildman–Crippen LogP) is 2.39. The van der Waals surface area contributed by atoms with Crippen LogP contribution in [-0.4, -0.2) is 15.5 Å². The van der Waals surface area contributed by atoms with Crippen molar-refractivity contribution in [2.75, 3.05) is 0 Å². The maximum Gasteiger partial charge on any atom is 0.261 e. The number of carbonyl (C=O) groups excluding carboxylic acids is 1. The zero-order valence-electron chi connectivity index (χ0n) is 13.0. The van der Waals surface area contributed by atoms with Gasteiger partial charge in [0.15, 0.2) is 0 Å². The molecule has 6 heteroatoms. The number of carbonyl (C=O) groups is 1. The van der Waals surface area contributed by atoms with Crippen LogP contribution in [0.1, 0.15) is 16.0 Å². The number of hydrogen-bond acceptors (Lipinski definition) is 4. The number of rotatable bonds is 4. The largest absolute Gasteiger partial charge is 0.350 e. The van der Waals surface area contributed by atoms with E-state index in [0.717, 1.165) is 16.0 Å². The van der Waals surface area contributed by atoms with Crippen LogP contribution in [0.3, 0.4) is 0 Å². The second-order valence-corrected chi connectivity index (χ2v) is 6.45. The van der Waals surface area contributed by atoms with Crippen LogP contribution >= 0.6 is 11.3 Å². The first-order valence-corrected chi connectivity index (χ1v) is 8.18. The Morgan fingerprint density at radius 2 is 2.09 bits per heavy atom. The summed E-state index contributed by atoms with van der Waals surface area (Å²) in [5.74, 6) is -0.200. The summed E-state index contributed by atoms with van der Waals surface area (Å²) in [5.41, 5.74) is 2.60. The topological polar surface area (TPSA) is 64.0 Å². The minimum absolute atomic E-state index is 0.0276. The Labute approximate surface area is 137 Å². The number of aryl methyl sites for hydroxylation is 2. The molecule has 3 rings (SSSR count). The Morgan fingerprint density at radius 3 is 2.83 bits per heavy atom. The van der Waals surface area contributed by atoms with Gasteiger partial charge in [0.25, 0.3) is 5.56 Å². The molecule has 0 unspecified atom stereocenters. The van der Waals surface area contributed by atoms with Gasteiger partial charge < -0.3 is 5.32 Å². The molecule has 2 heterocycles. The summed E-state index contributed by atoms with van der Waals surface area (Å²) in [5, 5.41) is 5.38. The summed E-state index contributed by atoms with van der Waals surface area (Å²) in [4.78, 5) is 30.0. The lowest BCUT2D eigenvalue weighted by atomic mass is 10.1. The first-order chi connectivity index (χ1) is 11.1. The number of fused-ring (bicyclic) bond motifs is 1. The van der Waals surface area contributed by atoms with E-state index in [2.05, 4.69) is 10.3 Å². The van der Waals surface area contributed by atoms with E-state index >= 15 is 0 Å². The summed E-state index contributed by atoms with van der Waals surface area (Å²) in [6.45, 7) is 4.38. The minimum atomic E-state index is -0.200. The molecule has 118 valence electrons. The molecule has 3 aromatic rings. The highest BCUT2D eigenvalue weighted by molar-refractivity contribution is 7.10. The van der Waals surface area contributed by atoms with E-state index in [9.17, 15) is 9.59 Å². The Kier molecular flexibility index (Phi) is 4.25. The summed E-state index contributed by atoms with van der Waals surface area (Å²) in [6, 6.07) is 7.49. The van der Waals surface area contributed by atoms with E-state index in [1.165, 1.54) is 10.9 Å². The fourth-order valence-corrected chi connectivity index (χ4v) is 3.27. The van der Waals surface area contributed by atoms with Crippen LogP contribution in [-0.2, 0) is 17.9 Å². The number of nitrogens with one attached hydrogen (secondary N) is 1. The average Bonchev–Trinajstić information content (AvgIpc) is 2.94. The van der Waals surface area contributed by atoms with E-state index in [1.807, 2.05) is 37.4 Å². The van der Waals surface area contributed by atoms with Crippen molar-refractivity contribution in [3.05, 3.63) is 62.3 Å². The molecule has 0 atom stereocenters. The highest BCUT2D eigenvalue weighted by Crippen LogP contribution is 2.14. The van der Waals surface area contributed by atoms with Gasteiger partial charge in [-0.15, -0.1) is 11.3 Å². The van der Waals surface area contributed by atoms with Gasteiger partial charge in [0.2, 0.25) is 5.91 Å². The third kappa shape index (κ3) is 3.17. The van der Waals surface area contributed by atoms with Crippen molar-refractivity contribution in [2.45, 2.75) is 26.9 Å². The lowest BCUT2D eigenvalue weighted by Crippen LogP contribution is -2.32. The van der Waals surface area contributed by atoms with Crippen molar-refractivity contribution in [3.8, 4) is 0 Å². The van der Waals surface area contributed by atoms with Gasteiger partial charge in [0, 0.05) is 4.88 Å². The molecule has 1 amide bonds. The third-order valence-electron chi connectivity index (χ3n) is 3.78. The molecule has 0 saturated heterocycles. The van der Waals surface area contributed by atoms with Crippen molar-refractivity contribution in [3.63, 3.8) is 0 Å². The van der Waals surface area contributed by atoms with Crippen LogP contribution in [0.5, 0.6) is 0 Å². The Balaban J connectivity index is 1.76. The third-order valence-corrected chi connectivity index (χ3v) is 4.81. The predicted molar refractivity (Wildman–Crippen MR) is 91.6 cm³/mol. The minimum Gasteiger partial charge on any atom is -0.350 e. The molecule has 1 aromatic carbocycles. The molecule has 0 radical (unpaired) electrons. The highest BCUT2D eigenvalue weighted by Gasteiger charge is 2.09. The van der Waals surface area contributed by atoms with Crippen LogP contribution < -0.4 is 10.9 Å². The van der Waals surface area contributed by atoms with Gasteiger partial charge in [0.1, 0.15) is 6.54 Å². The fourth-order valence-electron chi connectivity index (χ4n) is 2.42. The first kappa shape index (κ1) is 15.4. The quantitative estimate of drug-likeness (QED) is 0.800. The van der Waals surface area contributed by atoms with Gasteiger partial charge in [-0.2, -0.15) is 0 Å². The molecule has 0 saturated carbocycles. The second-order valence-electron chi connectivity index (χ2n) is 5.45. The smallest absolute Gasteiger partial charge is 0.261 e. The van der Waals surface area contributed by atoms with Gasteiger partial charge in [0.05, 0.1) is 23.8 Å². The van der Waals surface area contributed by atoms with Crippen LogP contribution in [0.15, 0.2) is 40.8 Å². The number of benzene rings is 1. The van der Waals surface area contributed by atoms with E-state index in [1.54, 1.807) is 17.4 Å². The molecule has 5 nitrogen and oxygen atoms in total. The normalized spacial score (nSPS) is 10.9. The molecule has 0 aliphatic carbocycles. The number of hydrogen-bond donors (Lipinski definition) is 1. The average molecular weight is 327 g/mol. The van der Waals surface area contributed by atoms with Gasteiger partial charge in [-0.1, -0.05) is 12.1 Å². The molecule has 0 bridgehead atoms. The molecule has 0 aliphatic rings. The molecule has 1 N–H and O–H groups in total. The van der Waals surface area contributed by atoms with E-state index in [0.29, 0.717) is 17.4 Å². The van der Waals surface area contributed by atoms with E-state index in [-0.39, 0.29) is 18.0 Å². The molecular formula is C17H17N3O2S. The van der Waals surface area contributed by atoms with Crippen LogP contribution in [0.25, 0.3) is 10.9 Å². The molecule has 23 heavy (non-hydrogen) atoms. The zero-order valence-corrected chi connectivity index (χ0v) is 13.8. The van der Waals surface area contributed by atoms with Crippen LogP contribution in [0.4, 0.5) is 0 Å². The molecule has 2 aromatic heterocycles. The van der Waals surface area contributed by atoms with Crippen molar-refractivity contribution >= 4 is 28.1 Å². The standard InChI is InChI=1S/C17H17N3O2S/c1-11-6-7-23-14(11)8-18-15(21)9-20-10-19-16-12(2)4-3-5-13(16)17(20)22/h3-7,10H,8-9H2,1-2H3,(H,18,21). The summed E-state index contributed by atoms with van der Waals surface area (Å²) in [7, 11) is 0. The summed E-state index contributed by atoms with van der Waals surface area (Å²) < 4.78 is 1.35. The second kappa shape index (κ2) is 6.34. The van der Waals surface area contributed by atoms with Gasteiger partial charge in [-0.05, 0) is 42.5 Å². The molecular weight excluding hydrogens is 310 g/mol. The Hall–Kier alpha value is -2.47. The Bertz CT molecular complexity index is 927. The fraction of sp³-hybridized carbons (Fsp3) is 0.235. The summed E-state index contributed by atoms with van der Waals surface area (Å²) in [6.07, 6.45) is 1.44. The SMILES string of the molecule is Cc1ccsc1CNC(=O)Cn1cnc2c(C)cccc2c1=O. The number of amides is 1. The van der Waals surface area contributed by atoms with Crippen molar-refractivity contribution in [2.24, 2.45) is 0 Å². The lowest BCUT2D eigenvalue weighted by Gasteiger charge is -2.08. The number of para-hydroxylation sites is 1. The van der Waals surface area contributed by atoms with E-state index in [4.69, 9.17) is 0 Å². The van der Waals surface area contributed by atoms with Crippen molar-refractivity contribution in [1.29, 1.82) is 0 Å². The van der Waals surface area contributed by atoms with Gasteiger partial charge in [-0.25, -0.2) is 4.98 Å². The maximum absolute atomic E-state index is 12.4. The Morgan fingerprint density at radius 1 is 1.26 bits per heavy atom. The van der Waals surface area contributed by atoms with E-state index < -0.39 is 0 Å². The number of aromatic nitrogens is 2. The molecule has 0 fully saturated rings. The number of thiophene rings is 1. The van der Waals surface area contributed by atoms with Crippen LogP contribution in [0.2, 0.25) is 0 Å². The molecule has 0 spiro atoms.